The van der Waals surface area contributed by atoms with E-state index in [-0.39, 0.29) is 11.3 Å². The summed E-state index contributed by atoms with van der Waals surface area (Å²) in [5.74, 6) is 2.12. The fourth-order valence-electron chi connectivity index (χ4n) is 7.95. The summed E-state index contributed by atoms with van der Waals surface area (Å²) >= 11 is 0. The van der Waals surface area contributed by atoms with Gasteiger partial charge in [0, 0.05) is 29.9 Å². The van der Waals surface area contributed by atoms with E-state index >= 15 is 0 Å². The number of pyridine rings is 1. The van der Waals surface area contributed by atoms with Crippen LogP contribution in [0, 0.1) is 24.2 Å². The number of hydrogen-bond donors (Lipinski definition) is 0. The van der Waals surface area contributed by atoms with Crippen molar-refractivity contribution in [2.24, 2.45) is 17.3 Å². The molecule has 0 N–H and O–H groups in total. The lowest BCUT2D eigenvalue weighted by Crippen LogP contribution is -2.57. The van der Waals surface area contributed by atoms with Crippen molar-refractivity contribution in [3.63, 3.8) is 0 Å². The average molecular weight is 414 g/mol. The first-order valence-corrected chi connectivity index (χ1v) is 12.2. The standard InChI is InChI=1S/C27H31N3O/c1-18-5-8-23-21(14-18)26(17-30(23)25(31)22-4-2-3-11-28-22)9-12-29(13-10-26)24-16-27-15-19(27)6-7-20(24)27/h2-5,8,11,14,19-20,24H,6-7,9-10,12-13,15-17H2,1H3. The van der Waals surface area contributed by atoms with Gasteiger partial charge in [-0.25, -0.2) is 0 Å². The average Bonchev–Trinajstić information content (AvgIpc) is 3.37. The Morgan fingerprint density at radius 2 is 1.97 bits per heavy atom. The Balaban J connectivity index is 1.15. The first kappa shape index (κ1) is 18.4. The van der Waals surface area contributed by atoms with Gasteiger partial charge >= 0.3 is 0 Å². The highest BCUT2D eigenvalue weighted by Crippen LogP contribution is 2.76. The van der Waals surface area contributed by atoms with Crippen molar-refractivity contribution in [1.82, 2.24) is 9.88 Å². The number of carbonyl (C=O) groups is 1. The predicted octanol–water partition coefficient (Wildman–Crippen LogP) is 4.57. The molecule has 2 aromatic rings. The van der Waals surface area contributed by atoms with Crippen LogP contribution in [0.4, 0.5) is 5.69 Å². The van der Waals surface area contributed by atoms with E-state index in [1.165, 1.54) is 49.9 Å². The molecule has 2 aliphatic heterocycles. The molecule has 0 bridgehead atoms. The second-order valence-corrected chi connectivity index (χ2v) is 11.0. The van der Waals surface area contributed by atoms with Crippen molar-refractivity contribution in [3.8, 4) is 0 Å². The lowest BCUT2D eigenvalue weighted by Gasteiger charge is -2.53. The number of benzene rings is 1. The molecule has 1 saturated heterocycles. The van der Waals surface area contributed by atoms with E-state index in [4.69, 9.17) is 0 Å². The van der Waals surface area contributed by atoms with Crippen LogP contribution < -0.4 is 4.90 Å². The first-order chi connectivity index (χ1) is 15.1. The summed E-state index contributed by atoms with van der Waals surface area (Å²) in [7, 11) is 0. The molecule has 4 heteroatoms. The molecule has 0 radical (unpaired) electrons. The maximum absolute atomic E-state index is 13.4. The van der Waals surface area contributed by atoms with Gasteiger partial charge in [-0.1, -0.05) is 23.8 Å². The minimum Gasteiger partial charge on any atom is -0.306 e. The molecule has 4 fully saturated rings. The fraction of sp³-hybridized carbons (Fsp3) is 0.556. The van der Waals surface area contributed by atoms with Gasteiger partial charge in [0.25, 0.3) is 5.91 Å². The number of piperidine rings is 1. The number of anilines is 1. The molecule has 3 aliphatic carbocycles. The summed E-state index contributed by atoms with van der Waals surface area (Å²) in [6.07, 6.45) is 10.0. The maximum atomic E-state index is 13.4. The van der Waals surface area contributed by atoms with Gasteiger partial charge in [0.15, 0.2) is 0 Å². The van der Waals surface area contributed by atoms with Crippen molar-refractivity contribution < 1.29 is 4.79 Å². The minimum atomic E-state index is 0.0386. The number of amides is 1. The van der Waals surface area contributed by atoms with Crippen LogP contribution in [0.25, 0.3) is 0 Å². The van der Waals surface area contributed by atoms with E-state index in [2.05, 4.69) is 35.0 Å². The van der Waals surface area contributed by atoms with Crippen LogP contribution in [0.5, 0.6) is 0 Å². The molecule has 4 atom stereocenters. The quantitative estimate of drug-likeness (QED) is 0.723. The maximum Gasteiger partial charge on any atom is 0.276 e. The third-order valence-corrected chi connectivity index (χ3v) is 9.73. The van der Waals surface area contributed by atoms with Crippen LogP contribution in [-0.4, -0.2) is 41.5 Å². The minimum absolute atomic E-state index is 0.0386. The van der Waals surface area contributed by atoms with Gasteiger partial charge in [-0.15, -0.1) is 0 Å². The monoisotopic (exact) mass is 413 g/mol. The Hall–Kier alpha value is -2.20. The van der Waals surface area contributed by atoms with Crippen LogP contribution in [0.2, 0.25) is 0 Å². The first-order valence-electron chi connectivity index (χ1n) is 12.2. The van der Waals surface area contributed by atoms with Crippen LogP contribution in [0.3, 0.4) is 0 Å². The second kappa shape index (κ2) is 6.19. The molecule has 31 heavy (non-hydrogen) atoms. The van der Waals surface area contributed by atoms with Gasteiger partial charge < -0.3 is 9.80 Å². The third-order valence-electron chi connectivity index (χ3n) is 9.73. The Morgan fingerprint density at radius 1 is 1.10 bits per heavy atom. The summed E-state index contributed by atoms with van der Waals surface area (Å²) in [6.45, 7) is 5.34. The molecular weight excluding hydrogens is 382 g/mol. The zero-order valence-corrected chi connectivity index (χ0v) is 18.4. The number of carbonyl (C=O) groups excluding carboxylic acids is 1. The normalized spacial score (nSPS) is 34.7. The van der Waals surface area contributed by atoms with Crippen LogP contribution in [-0.2, 0) is 5.41 Å². The van der Waals surface area contributed by atoms with Crippen LogP contribution in [0.1, 0.15) is 60.1 Å². The molecule has 1 aromatic heterocycles. The lowest BCUT2D eigenvalue weighted by molar-refractivity contribution is -0.0240. The van der Waals surface area contributed by atoms with E-state index in [0.29, 0.717) is 5.69 Å². The van der Waals surface area contributed by atoms with Crippen molar-refractivity contribution in [2.45, 2.75) is 56.9 Å². The smallest absolute Gasteiger partial charge is 0.276 e. The Kier molecular flexibility index (Phi) is 3.67. The van der Waals surface area contributed by atoms with Crippen molar-refractivity contribution in [1.29, 1.82) is 0 Å². The highest BCUT2D eigenvalue weighted by molar-refractivity contribution is 6.06. The van der Waals surface area contributed by atoms with Gasteiger partial charge in [0.1, 0.15) is 5.69 Å². The highest BCUT2D eigenvalue weighted by Gasteiger charge is 2.71. The molecular formula is C27H31N3O. The number of nitrogens with zero attached hydrogens (tertiary/aromatic N) is 3. The Labute approximate surface area is 184 Å². The van der Waals surface area contributed by atoms with Crippen molar-refractivity contribution in [3.05, 3.63) is 59.4 Å². The van der Waals surface area contributed by atoms with E-state index in [9.17, 15) is 4.79 Å². The molecule has 2 spiro atoms. The number of fused-ring (bicyclic) bond motifs is 2. The molecule has 1 amide bonds. The predicted molar refractivity (Wildman–Crippen MR) is 121 cm³/mol. The van der Waals surface area contributed by atoms with Crippen LogP contribution >= 0.6 is 0 Å². The third kappa shape index (κ3) is 2.46. The van der Waals surface area contributed by atoms with Gasteiger partial charge in [-0.05, 0) is 99.6 Å². The molecule has 4 nitrogen and oxygen atoms in total. The summed E-state index contributed by atoms with van der Waals surface area (Å²) in [5, 5.41) is 0. The largest absolute Gasteiger partial charge is 0.306 e. The SMILES string of the molecule is Cc1ccc2c(c1)C1(CCN(C3CC45CC4CCC35)CC1)CN2C(=O)c1ccccn1. The van der Waals surface area contributed by atoms with E-state index in [1.807, 2.05) is 23.1 Å². The molecule has 3 saturated carbocycles. The second-order valence-electron chi connectivity index (χ2n) is 11.0. The van der Waals surface area contributed by atoms with Crippen molar-refractivity contribution >= 4 is 11.6 Å². The van der Waals surface area contributed by atoms with Gasteiger partial charge in [-0.3, -0.25) is 9.78 Å². The topological polar surface area (TPSA) is 36.4 Å². The molecule has 3 heterocycles. The summed E-state index contributed by atoms with van der Waals surface area (Å²) < 4.78 is 0. The fourth-order valence-corrected chi connectivity index (χ4v) is 7.95. The number of likely N-dealkylation sites (tertiary alicyclic amines) is 1. The van der Waals surface area contributed by atoms with Crippen LogP contribution in [0.15, 0.2) is 42.6 Å². The zero-order valence-electron chi connectivity index (χ0n) is 18.4. The summed E-state index contributed by atoms with van der Waals surface area (Å²) in [6, 6.07) is 13.1. The molecule has 5 aliphatic rings. The molecule has 1 aromatic carbocycles. The summed E-state index contributed by atoms with van der Waals surface area (Å²) in [5.41, 5.74) is 5.23. The van der Waals surface area contributed by atoms with Gasteiger partial charge in [-0.2, -0.15) is 0 Å². The Bertz CT molecular complexity index is 1060. The number of aromatic nitrogens is 1. The summed E-state index contributed by atoms with van der Waals surface area (Å²) in [4.78, 5) is 22.5. The van der Waals surface area contributed by atoms with E-state index in [0.717, 1.165) is 48.4 Å². The van der Waals surface area contributed by atoms with E-state index < -0.39 is 0 Å². The lowest BCUT2D eigenvalue weighted by atomic mass is 9.65. The zero-order chi connectivity index (χ0) is 20.8. The molecule has 7 rings (SSSR count). The number of aryl methyl sites for hydroxylation is 1. The molecule has 4 unspecified atom stereocenters. The Morgan fingerprint density at radius 3 is 2.71 bits per heavy atom. The van der Waals surface area contributed by atoms with Crippen molar-refractivity contribution in [2.75, 3.05) is 24.5 Å². The molecule has 160 valence electrons. The van der Waals surface area contributed by atoms with Gasteiger partial charge in [0.2, 0.25) is 0 Å². The van der Waals surface area contributed by atoms with Gasteiger partial charge in [0.05, 0.1) is 0 Å². The highest BCUT2D eigenvalue weighted by atomic mass is 16.2. The number of hydrogen-bond acceptors (Lipinski definition) is 3. The van der Waals surface area contributed by atoms with E-state index in [1.54, 1.807) is 6.20 Å². The number of rotatable bonds is 2.